The van der Waals surface area contributed by atoms with Crippen LogP contribution < -0.4 is 5.32 Å². The second kappa shape index (κ2) is 9.33. The number of anilines is 1. The van der Waals surface area contributed by atoms with Crippen molar-refractivity contribution < 1.29 is 14.3 Å². The average Bonchev–Trinajstić information content (AvgIpc) is 3.27. The normalized spacial score (nSPS) is 17.6. The topological polar surface area (TPSA) is 74.4 Å². The minimum Gasteiger partial charge on any atom is -0.383 e. The number of ether oxygens (including phenoxy) is 1. The molecule has 1 aliphatic rings. The van der Waals surface area contributed by atoms with E-state index in [-0.39, 0.29) is 11.8 Å². The van der Waals surface area contributed by atoms with Gasteiger partial charge < -0.3 is 19.9 Å². The molecule has 3 aromatic carbocycles. The van der Waals surface area contributed by atoms with Crippen LogP contribution in [0.5, 0.6) is 0 Å². The first kappa shape index (κ1) is 22.2. The van der Waals surface area contributed by atoms with Crippen molar-refractivity contribution in [3.05, 3.63) is 101 Å². The Morgan fingerprint density at radius 3 is 2.68 bits per heavy atom. The number of benzene rings is 3. The quantitative estimate of drug-likeness (QED) is 0.394. The molecular formula is C27H24ClN3O3. The first-order valence-corrected chi connectivity index (χ1v) is 11.5. The van der Waals surface area contributed by atoms with Crippen molar-refractivity contribution in [2.24, 2.45) is 0 Å². The Hall–Kier alpha value is -3.61. The van der Waals surface area contributed by atoms with Gasteiger partial charge in [0.1, 0.15) is 0 Å². The third kappa shape index (κ3) is 3.95. The highest BCUT2D eigenvalue weighted by Gasteiger charge is 2.44. The highest BCUT2D eigenvalue weighted by atomic mass is 35.5. The molecule has 1 aromatic heterocycles. The molecule has 0 unspecified atom stereocenters. The molecule has 0 aliphatic carbocycles. The number of H-pyrrole nitrogens is 1. The van der Waals surface area contributed by atoms with Gasteiger partial charge in [-0.05, 0) is 35.9 Å². The van der Waals surface area contributed by atoms with Crippen molar-refractivity contribution in [3.8, 4) is 0 Å². The van der Waals surface area contributed by atoms with Gasteiger partial charge in [0.05, 0.1) is 18.6 Å². The van der Waals surface area contributed by atoms with Crippen LogP contribution in [0.2, 0.25) is 5.02 Å². The molecule has 2 N–H and O–H groups in total. The highest BCUT2D eigenvalue weighted by Crippen LogP contribution is 2.45. The Labute approximate surface area is 202 Å². The summed E-state index contributed by atoms with van der Waals surface area (Å²) in [5.74, 6) is -0.960. The molecule has 0 saturated heterocycles. The zero-order valence-corrected chi connectivity index (χ0v) is 19.4. The Morgan fingerprint density at radius 1 is 1.06 bits per heavy atom. The number of para-hydroxylation sites is 1. The molecule has 0 saturated carbocycles. The highest BCUT2D eigenvalue weighted by molar-refractivity contribution is 6.30. The molecule has 4 aromatic rings. The number of carbonyl (C=O) groups is 2. The maximum atomic E-state index is 13.9. The van der Waals surface area contributed by atoms with Gasteiger partial charge in [-0.3, -0.25) is 9.59 Å². The van der Waals surface area contributed by atoms with Gasteiger partial charge in [-0.2, -0.15) is 0 Å². The number of nitrogens with zero attached hydrogens (tertiary/aromatic N) is 1. The van der Waals surface area contributed by atoms with E-state index in [9.17, 15) is 9.59 Å². The molecule has 2 amide bonds. The van der Waals surface area contributed by atoms with Crippen molar-refractivity contribution in [1.82, 2.24) is 9.88 Å². The van der Waals surface area contributed by atoms with E-state index in [1.807, 2.05) is 48.7 Å². The minimum atomic E-state index is -0.635. The molecule has 0 spiro atoms. The molecule has 172 valence electrons. The molecule has 0 radical (unpaired) electrons. The van der Waals surface area contributed by atoms with E-state index < -0.39 is 12.0 Å². The fourth-order valence-corrected chi connectivity index (χ4v) is 4.97. The number of halogens is 1. The zero-order chi connectivity index (χ0) is 23.7. The van der Waals surface area contributed by atoms with Crippen LogP contribution in [0, 0.1) is 0 Å². The summed E-state index contributed by atoms with van der Waals surface area (Å²) in [4.78, 5) is 32.6. The fourth-order valence-electron chi connectivity index (χ4n) is 4.78. The summed E-state index contributed by atoms with van der Waals surface area (Å²) in [6, 6.07) is 21.8. The summed E-state index contributed by atoms with van der Waals surface area (Å²) in [6.07, 6.45) is 1.90. The van der Waals surface area contributed by atoms with E-state index in [4.69, 9.17) is 16.3 Å². The molecule has 2 heterocycles. The van der Waals surface area contributed by atoms with Gasteiger partial charge in [0.2, 0.25) is 5.91 Å². The number of aromatic nitrogens is 1. The van der Waals surface area contributed by atoms with Gasteiger partial charge in [-0.1, -0.05) is 54.1 Å². The third-order valence-corrected chi connectivity index (χ3v) is 6.52. The van der Waals surface area contributed by atoms with Gasteiger partial charge in [-0.15, -0.1) is 0 Å². The van der Waals surface area contributed by atoms with Crippen LogP contribution in [0.3, 0.4) is 0 Å². The Balaban J connectivity index is 1.67. The van der Waals surface area contributed by atoms with Gasteiger partial charge in [0.25, 0.3) is 5.91 Å². The van der Waals surface area contributed by atoms with Crippen LogP contribution in [0.25, 0.3) is 10.9 Å². The Bertz CT molecular complexity index is 1370. The van der Waals surface area contributed by atoms with E-state index in [1.54, 1.807) is 42.3 Å². The number of hydrogen-bond acceptors (Lipinski definition) is 3. The zero-order valence-electron chi connectivity index (χ0n) is 18.6. The molecule has 0 bridgehead atoms. The van der Waals surface area contributed by atoms with Gasteiger partial charge in [0, 0.05) is 52.6 Å². The van der Waals surface area contributed by atoms with Crippen molar-refractivity contribution >= 4 is 40.0 Å². The molecule has 0 fully saturated rings. The summed E-state index contributed by atoms with van der Waals surface area (Å²) in [7, 11) is 1.60. The lowest BCUT2D eigenvalue weighted by molar-refractivity contribution is -0.119. The molecule has 6 nitrogen and oxygen atoms in total. The lowest BCUT2D eigenvalue weighted by Crippen LogP contribution is -2.47. The Morgan fingerprint density at radius 2 is 1.85 bits per heavy atom. The SMILES string of the molecule is COCCN1C(=O)c2ccccc2[C@@H](C(=O)Nc2cccc(Cl)c2)[C@@H]1c1c[nH]c2ccccc12. The van der Waals surface area contributed by atoms with Crippen LogP contribution >= 0.6 is 11.6 Å². The smallest absolute Gasteiger partial charge is 0.254 e. The number of rotatable bonds is 6. The van der Waals surface area contributed by atoms with Crippen molar-refractivity contribution in [1.29, 1.82) is 0 Å². The molecule has 1 aliphatic heterocycles. The number of aromatic amines is 1. The van der Waals surface area contributed by atoms with E-state index >= 15 is 0 Å². The van der Waals surface area contributed by atoms with Crippen LogP contribution in [0.4, 0.5) is 5.69 Å². The van der Waals surface area contributed by atoms with Crippen molar-refractivity contribution in [3.63, 3.8) is 0 Å². The number of fused-ring (bicyclic) bond motifs is 2. The summed E-state index contributed by atoms with van der Waals surface area (Å²) < 4.78 is 5.32. The Kier molecular flexibility index (Phi) is 6.09. The molecule has 34 heavy (non-hydrogen) atoms. The largest absolute Gasteiger partial charge is 0.383 e. The second-order valence-corrected chi connectivity index (χ2v) is 8.73. The van der Waals surface area contributed by atoms with Gasteiger partial charge >= 0.3 is 0 Å². The summed E-state index contributed by atoms with van der Waals surface area (Å²) in [6.45, 7) is 0.712. The second-order valence-electron chi connectivity index (χ2n) is 8.29. The lowest BCUT2D eigenvalue weighted by atomic mass is 9.79. The van der Waals surface area contributed by atoms with E-state index in [0.29, 0.717) is 35.0 Å². The van der Waals surface area contributed by atoms with Crippen molar-refractivity contribution in [2.45, 2.75) is 12.0 Å². The standard InChI is InChI=1S/C27H24ClN3O3/c1-34-14-13-31-25(22-16-29-23-12-5-4-9-19(22)23)24(20-10-2-3-11-21(20)27(31)33)26(32)30-18-8-6-7-17(28)15-18/h2-12,15-16,24-25,29H,13-14H2,1H3,(H,30,32)/t24-,25+/m1/s1. The number of hydrogen-bond donors (Lipinski definition) is 2. The summed E-state index contributed by atoms with van der Waals surface area (Å²) in [5.41, 5.74) is 3.68. The molecular weight excluding hydrogens is 450 g/mol. The van der Waals surface area contributed by atoms with E-state index in [1.165, 1.54) is 0 Å². The number of carbonyl (C=O) groups excluding carboxylic acids is 2. The van der Waals surface area contributed by atoms with E-state index in [2.05, 4.69) is 10.3 Å². The van der Waals surface area contributed by atoms with Gasteiger partial charge in [0.15, 0.2) is 0 Å². The number of nitrogens with one attached hydrogen (secondary N) is 2. The molecule has 5 rings (SSSR count). The fraction of sp³-hybridized carbons (Fsp3) is 0.185. The average molecular weight is 474 g/mol. The molecule has 7 heteroatoms. The third-order valence-electron chi connectivity index (χ3n) is 6.29. The van der Waals surface area contributed by atoms with E-state index in [0.717, 1.165) is 16.5 Å². The monoisotopic (exact) mass is 473 g/mol. The van der Waals surface area contributed by atoms with Crippen LogP contribution in [-0.2, 0) is 9.53 Å². The van der Waals surface area contributed by atoms with Crippen LogP contribution in [-0.4, -0.2) is 42.0 Å². The van der Waals surface area contributed by atoms with Crippen LogP contribution in [0.1, 0.15) is 33.4 Å². The number of methoxy groups -OCH3 is 1. The predicted octanol–water partition coefficient (Wildman–Crippen LogP) is 5.39. The van der Waals surface area contributed by atoms with Crippen LogP contribution in [0.15, 0.2) is 79.0 Å². The van der Waals surface area contributed by atoms with Crippen molar-refractivity contribution in [2.75, 3.05) is 25.6 Å². The maximum absolute atomic E-state index is 13.9. The first-order chi connectivity index (χ1) is 16.6. The predicted molar refractivity (Wildman–Crippen MR) is 133 cm³/mol. The minimum absolute atomic E-state index is 0.116. The summed E-state index contributed by atoms with van der Waals surface area (Å²) >= 11 is 6.15. The summed E-state index contributed by atoms with van der Waals surface area (Å²) in [5, 5.41) is 4.53. The maximum Gasteiger partial charge on any atom is 0.254 e. The first-order valence-electron chi connectivity index (χ1n) is 11.1. The number of amides is 2. The lowest BCUT2D eigenvalue weighted by Gasteiger charge is -2.41. The molecule has 2 atom stereocenters. The van der Waals surface area contributed by atoms with Gasteiger partial charge in [-0.25, -0.2) is 0 Å².